The van der Waals surface area contributed by atoms with Crippen molar-refractivity contribution in [2.24, 2.45) is 5.92 Å². The number of ether oxygens (including phenoxy) is 2. The molecule has 0 aromatic heterocycles. The topological polar surface area (TPSA) is 50.8 Å². The Kier molecular flexibility index (Phi) is 6.12. The van der Waals surface area contributed by atoms with Gasteiger partial charge < -0.3 is 19.7 Å². The lowest BCUT2D eigenvalue weighted by Gasteiger charge is -2.25. The quantitative estimate of drug-likeness (QED) is 0.830. The normalized spacial score (nSPS) is 15.9. The summed E-state index contributed by atoms with van der Waals surface area (Å²) in [6.45, 7) is 2.73. The van der Waals surface area contributed by atoms with Crippen LogP contribution in [-0.4, -0.2) is 44.7 Å². The molecule has 1 amide bonds. The third-order valence-electron chi connectivity index (χ3n) is 4.63. The van der Waals surface area contributed by atoms with Gasteiger partial charge in [0.1, 0.15) is 18.1 Å². The van der Waals surface area contributed by atoms with Crippen LogP contribution in [0.1, 0.15) is 11.1 Å². The van der Waals surface area contributed by atoms with Gasteiger partial charge in [-0.15, -0.1) is 0 Å². The molecule has 1 N–H and O–H groups in total. The van der Waals surface area contributed by atoms with Crippen molar-refractivity contribution >= 4 is 5.91 Å². The maximum absolute atomic E-state index is 12.5. The van der Waals surface area contributed by atoms with Crippen molar-refractivity contribution in [3.05, 3.63) is 59.7 Å². The van der Waals surface area contributed by atoms with Crippen LogP contribution in [0.15, 0.2) is 48.5 Å². The molecule has 1 atom stereocenters. The van der Waals surface area contributed by atoms with Gasteiger partial charge in [0.05, 0.1) is 13.0 Å². The monoisotopic (exact) mass is 354 g/mol. The van der Waals surface area contributed by atoms with Crippen molar-refractivity contribution in [3.63, 3.8) is 0 Å². The summed E-state index contributed by atoms with van der Waals surface area (Å²) in [5, 5.41) is 3.04. The molecule has 26 heavy (non-hydrogen) atoms. The van der Waals surface area contributed by atoms with Crippen LogP contribution in [0.25, 0.3) is 0 Å². The number of hydrogen-bond donors (Lipinski definition) is 1. The first-order valence-electron chi connectivity index (χ1n) is 8.95. The van der Waals surface area contributed by atoms with Gasteiger partial charge in [-0.1, -0.05) is 30.3 Å². The van der Waals surface area contributed by atoms with E-state index in [0.717, 1.165) is 30.2 Å². The fourth-order valence-electron chi connectivity index (χ4n) is 3.15. The Bertz CT molecular complexity index is 733. The number of fused-ring (bicyclic) bond motifs is 1. The minimum absolute atomic E-state index is 0.0478. The van der Waals surface area contributed by atoms with Crippen molar-refractivity contribution in [2.45, 2.75) is 13.0 Å². The minimum atomic E-state index is -0.158. The molecule has 5 heteroatoms. The molecule has 0 fully saturated rings. The van der Waals surface area contributed by atoms with E-state index in [1.54, 1.807) is 7.11 Å². The number of carbonyl (C=O) groups excluding carboxylic acids is 1. The summed E-state index contributed by atoms with van der Waals surface area (Å²) in [4.78, 5) is 14.7. The Morgan fingerprint density at radius 1 is 1.27 bits per heavy atom. The third kappa shape index (κ3) is 4.76. The van der Waals surface area contributed by atoms with Gasteiger partial charge in [0.15, 0.2) is 0 Å². The van der Waals surface area contributed by atoms with Gasteiger partial charge in [0, 0.05) is 19.6 Å². The molecule has 0 bridgehead atoms. The Balaban J connectivity index is 1.45. The Labute approximate surface area is 154 Å². The highest BCUT2D eigenvalue weighted by Gasteiger charge is 2.26. The second-order valence-electron chi connectivity index (χ2n) is 6.70. The first kappa shape index (κ1) is 18.3. The second kappa shape index (κ2) is 8.72. The number of amides is 1. The minimum Gasteiger partial charge on any atom is -0.497 e. The van der Waals surface area contributed by atoms with Crippen LogP contribution in [0, 0.1) is 5.92 Å². The predicted molar refractivity (Wildman–Crippen MR) is 101 cm³/mol. The summed E-state index contributed by atoms with van der Waals surface area (Å²) in [6.07, 6.45) is 0.679. The summed E-state index contributed by atoms with van der Waals surface area (Å²) in [5.74, 6) is 1.52. The van der Waals surface area contributed by atoms with Crippen LogP contribution < -0.4 is 14.8 Å². The Morgan fingerprint density at radius 2 is 2.08 bits per heavy atom. The summed E-state index contributed by atoms with van der Waals surface area (Å²) in [7, 11) is 3.70. The first-order valence-corrected chi connectivity index (χ1v) is 8.95. The van der Waals surface area contributed by atoms with E-state index >= 15 is 0 Å². The molecule has 1 heterocycles. The molecule has 1 aliphatic heterocycles. The molecule has 0 saturated carbocycles. The summed E-state index contributed by atoms with van der Waals surface area (Å²) >= 11 is 0. The van der Waals surface area contributed by atoms with Gasteiger partial charge in [0.2, 0.25) is 5.91 Å². The highest BCUT2D eigenvalue weighted by molar-refractivity contribution is 5.79. The molecule has 5 nitrogen and oxygen atoms in total. The lowest BCUT2D eigenvalue weighted by Crippen LogP contribution is -2.40. The van der Waals surface area contributed by atoms with E-state index in [-0.39, 0.29) is 11.8 Å². The fourth-order valence-corrected chi connectivity index (χ4v) is 3.15. The lowest BCUT2D eigenvalue weighted by molar-refractivity contribution is -0.126. The molecule has 138 valence electrons. The van der Waals surface area contributed by atoms with Crippen molar-refractivity contribution < 1.29 is 14.3 Å². The molecular weight excluding hydrogens is 328 g/mol. The van der Waals surface area contributed by atoms with Crippen molar-refractivity contribution in [1.82, 2.24) is 10.2 Å². The molecule has 0 radical (unpaired) electrons. The molecule has 0 spiro atoms. The average Bonchev–Trinajstić information content (AvgIpc) is 2.67. The van der Waals surface area contributed by atoms with Crippen LogP contribution in [-0.2, 0) is 17.8 Å². The molecule has 3 rings (SSSR count). The van der Waals surface area contributed by atoms with Gasteiger partial charge in [-0.05, 0) is 42.8 Å². The number of nitrogens with one attached hydrogen (secondary N) is 1. The summed E-state index contributed by atoms with van der Waals surface area (Å²) in [5.41, 5.74) is 2.30. The van der Waals surface area contributed by atoms with E-state index in [2.05, 4.69) is 29.4 Å². The number of rotatable bonds is 7. The molecule has 0 unspecified atom stereocenters. The number of likely N-dealkylation sites (N-methyl/N-ethyl adjacent to an activating group) is 1. The van der Waals surface area contributed by atoms with Gasteiger partial charge in [-0.25, -0.2) is 0 Å². The molecule has 0 saturated heterocycles. The lowest BCUT2D eigenvalue weighted by atomic mass is 9.96. The highest BCUT2D eigenvalue weighted by atomic mass is 16.5. The van der Waals surface area contributed by atoms with Crippen molar-refractivity contribution in [2.75, 3.05) is 33.9 Å². The predicted octanol–water partition coefficient (Wildman–Crippen LogP) is 2.49. The zero-order valence-corrected chi connectivity index (χ0v) is 15.4. The van der Waals surface area contributed by atoms with Crippen molar-refractivity contribution in [3.8, 4) is 11.5 Å². The first-order chi connectivity index (χ1) is 12.7. The number of hydrogen-bond acceptors (Lipinski definition) is 4. The summed E-state index contributed by atoms with van der Waals surface area (Å²) in [6, 6.07) is 16.1. The van der Waals surface area contributed by atoms with Gasteiger partial charge in [0.25, 0.3) is 0 Å². The van der Waals surface area contributed by atoms with E-state index in [4.69, 9.17) is 9.47 Å². The fraction of sp³-hybridized carbons (Fsp3) is 0.381. The molecule has 1 aliphatic rings. The van der Waals surface area contributed by atoms with Gasteiger partial charge >= 0.3 is 0 Å². The smallest absolute Gasteiger partial charge is 0.226 e. The SMILES string of the molecule is COc1ccc2c(c1)C[C@@H](C(=O)NCCN(C)Cc1ccccc1)CO2. The van der Waals surface area contributed by atoms with Crippen LogP contribution in [0.4, 0.5) is 0 Å². The van der Waals surface area contributed by atoms with Crippen LogP contribution in [0.2, 0.25) is 0 Å². The second-order valence-corrected chi connectivity index (χ2v) is 6.70. The standard InChI is InChI=1S/C21H26N2O3/c1-23(14-16-6-4-3-5-7-16)11-10-22-21(24)18-12-17-13-19(25-2)8-9-20(17)26-15-18/h3-9,13,18H,10-12,14-15H2,1-2H3,(H,22,24)/t18-/m1/s1. The maximum atomic E-state index is 12.5. The summed E-state index contributed by atoms with van der Waals surface area (Å²) < 4.78 is 11.0. The van der Waals surface area contributed by atoms with E-state index < -0.39 is 0 Å². The van der Waals surface area contributed by atoms with Crippen LogP contribution >= 0.6 is 0 Å². The molecule has 2 aromatic carbocycles. The average molecular weight is 354 g/mol. The molecule has 0 aliphatic carbocycles. The molecular formula is C21H26N2O3. The van der Waals surface area contributed by atoms with Crippen LogP contribution in [0.3, 0.4) is 0 Å². The highest BCUT2D eigenvalue weighted by Crippen LogP contribution is 2.30. The zero-order valence-electron chi connectivity index (χ0n) is 15.4. The van der Waals surface area contributed by atoms with E-state index in [1.165, 1.54) is 5.56 Å². The van der Waals surface area contributed by atoms with Crippen LogP contribution in [0.5, 0.6) is 11.5 Å². The number of nitrogens with zero attached hydrogens (tertiary/aromatic N) is 1. The number of carbonyl (C=O) groups is 1. The third-order valence-corrected chi connectivity index (χ3v) is 4.63. The van der Waals surface area contributed by atoms with E-state index in [9.17, 15) is 4.79 Å². The maximum Gasteiger partial charge on any atom is 0.226 e. The molecule has 2 aromatic rings. The van der Waals surface area contributed by atoms with E-state index in [0.29, 0.717) is 19.6 Å². The number of benzene rings is 2. The Morgan fingerprint density at radius 3 is 2.85 bits per heavy atom. The van der Waals surface area contributed by atoms with Gasteiger partial charge in [-0.3, -0.25) is 4.79 Å². The van der Waals surface area contributed by atoms with Crippen molar-refractivity contribution in [1.29, 1.82) is 0 Å². The largest absolute Gasteiger partial charge is 0.497 e. The van der Waals surface area contributed by atoms with E-state index in [1.807, 2.05) is 36.4 Å². The Hall–Kier alpha value is -2.53. The van der Waals surface area contributed by atoms with Gasteiger partial charge in [-0.2, -0.15) is 0 Å². The zero-order chi connectivity index (χ0) is 18.4. The number of methoxy groups -OCH3 is 1.